The number of amides is 1. The number of carbonyl (C=O) groups is 1. The molecule has 0 spiro atoms. The molecule has 9 heteroatoms. The van der Waals surface area contributed by atoms with Crippen molar-refractivity contribution < 1.29 is 28.4 Å². The Hall–Kier alpha value is -1.28. The minimum Gasteiger partial charge on any atom is -0.387 e. The monoisotopic (exact) mass is 656 g/mol. The second-order valence-electron chi connectivity index (χ2n) is 12.1. The van der Waals surface area contributed by atoms with Crippen molar-refractivity contribution in [3.05, 3.63) is 36.5 Å². The first-order valence-corrected chi connectivity index (χ1v) is 19.6. The molecule has 45 heavy (non-hydrogen) atoms. The second-order valence-corrected chi connectivity index (χ2v) is 13.5. The quantitative estimate of drug-likeness (QED) is 0.0315. The average Bonchev–Trinajstić information content (AvgIpc) is 3.02. The summed E-state index contributed by atoms with van der Waals surface area (Å²) in [7, 11) is -4.34. The van der Waals surface area contributed by atoms with E-state index in [1.807, 2.05) is 6.08 Å². The number of phosphoric ester groups is 1. The van der Waals surface area contributed by atoms with E-state index in [0.717, 1.165) is 44.9 Å². The summed E-state index contributed by atoms with van der Waals surface area (Å²) in [6.45, 7) is 4.06. The van der Waals surface area contributed by atoms with Gasteiger partial charge in [-0.3, -0.25) is 13.8 Å². The van der Waals surface area contributed by atoms with Gasteiger partial charge in [0.25, 0.3) is 0 Å². The Balaban J connectivity index is 4.44. The number of hydrogen-bond acceptors (Lipinski definition) is 6. The van der Waals surface area contributed by atoms with Crippen LogP contribution in [-0.4, -0.2) is 47.8 Å². The lowest BCUT2D eigenvalue weighted by molar-refractivity contribution is -0.123. The molecule has 0 heterocycles. The van der Waals surface area contributed by atoms with Crippen LogP contribution in [0.15, 0.2) is 36.5 Å². The number of allylic oxidation sites excluding steroid dienone is 5. The highest BCUT2D eigenvalue weighted by Crippen LogP contribution is 2.43. The van der Waals surface area contributed by atoms with E-state index in [0.29, 0.717) is 6.42 Å². The number of phosphoric acid groups is 1. The molecule has 0 fully saturated rings. The van der Waals surface area contributed by atoms with Crippen LogP contribution in [0.5, 0.6) is 0 Å². The zero-order chi connectivity index (χ0) is 33.3. The predicted molar refractivity (Wildman–Crippen MR) is 189 cm³/mol. The first kappa shape index (κ1) is 43.7. The number of aliphatic hydroxyl groups excluding tert-OH is 1. The highest BCUT2D eigenvalue weighted by Gasteiger charge is 2.26. The number of unbranched alkanes of at least 4 members (excludes halogenated alkanes) is 17. The molecule has 1 amide bonds. The van der Waals surface area contributed by atoms with Crippen LogP contribution in [0.4, 0.5) is 0 Å². The van der Waals surface area contributed by atoms with Gasteiger partial charge in [0.05, 0.1) is 25.4 Å². The average molecular weight is 657 g/mol. The fourth-order valence-corrected chi connectivity index (χ4v) is 5.69. The summed E-state index contributed by atoms with van der Waals surface area (Å²) in [4.78, 5) is 22.5. The molecule has 0 aromatic carbocycles. The third-order valence-corrected chi connectivity index (χ3v) is 8.68. The van der Waals surface area contributed by atoms with Crippen LogP contribution in [0.25, 0.3) is 0 Å². The third kappa shape index (κ3) is 31.1. The SMILES string of the molecule is CCCCCCC/C=C/CC/C=C/CC/C=C/C(O)C(COP(=O)(O)OCCN)NC(=O)CCCCCCCCCCCCC. The van der Waals surface area contributed by atoms with Crippen molar-refractivity contribution in [1.29, 1.82) is 0 Å². The molecule has 8 nitrogen and oxygen atoms in total. The lowest BCUT2D eigenvalue weighted by atomic mass is 10.0. The molecule has 0 aromatic rings. The molecule has 0 aliphatic rings. The molecule has 0 rings (SSSR count). The van der Waals surface area contributed by atoms with Crippen molar-refractivity contribution in [2.45, 2.75) is 167 Å². The third-order valence-electron chi connectivity index (χ3n) is 7.70. The molecule has 0 aromatic heterocycles. The zero-order valence-corrected chi connectivity index (χ0v) is 29.7. The smallest absolute Gasteiger partial charge is 0.387 e. The van der Waals surface area contributed by atoms with Crippen LogP contribution < -0.4 is 11.1 Å². The Labute approximate surface area is 276 Å². The highest BCUT2D eigenvalue weighted by molar-refractivity contribution is 7.47. The van der Waals surface area contributed by atoms with Crippen molar-refractivity contribution in [3.63, 3.8) is 0 Å². The van der Waals surface area contributed by atoms with Crippen molar-refractivity contribution >= 4 is 13.7 Å². The molecule has 5 N–H and O–H groups in total. The van der Waals surface area contributed by atoms with Crippen molar-refractivity contribution in [3.8, 4) is 0 Å². The molecular weight excluding hydrogens is 587 g/mol. The number of hydrogen-bond donors (Lipinski definition) is 4. The van der Waals surface area contributed by atoms with Gasteiger partial charge in [-0.2, -0.15) is 0 Å². The number of rotatable bonds is 33. The van der Waals surface area contributed by atoms with E-state index in [4.69, 9.17) is 14.8 Å². The first-order valence-electron chi connectivity index (χ1n) is 18.1. The minimum absolute atomic E-state index is 0.0722. The highest BCUT2D eigenvalue weighted by atomic mass is 31.2. The van der Waals surface area contributed by atoms with Gasteiger partial charge in [-0.15, -0.1) is 0 Å². The maximum atomic E-state index is 12.6. The van der Waals surface area contributed by atoms with Crippen LogP contribution in [0, 0.1) is 0 Å². The number of aliphatic hydroxyl groups is 1. The minimum atomic E-state index is -4.34. The van der Waals surface area contributed by atoms with Gasteiger partial charge in [-0.1, -0.05) is 140 Å². The maximum Gasteiger partial charge on any atom is 0.472 e. The summed E-state index contributed by atoms with van der Waals surface area (Å²) in [6, 6.07) is -0.877. The van der Waals surface area contributed by atoms with E-state index >= 15 is 0 Å². The van der Waals surface area contributed by atoms with Crippen molar-refractivity contribution in [2.75, 3.05) is 19.8 Å². The van der Waals surface area contributed by atoms with Crippen molar-refractivity contribution in [2.24, 2.45) is 5.73 Å². The van der Waals surface area contributed by atoms with E-state index in [9.17, 15) is 19.4 Å². The Morgan fingerprint density at radius 1 is 0.711 bits per heavy atom. The predicted octanol–water partition coefficient (Wildman–Crippen LogP) is 9.22. The molecule has 3 unspecified atom stereocenters. The number of nitrogens with one attached hydrogen (secondary N) is 1. The summed E-state index contributed by atoms with van der Waals surface area (Å²) in [5, 5.41) is 13.5. The lowest BCUT2D eigenvalue weighted by Crippen LogP contribution is -2.45. The van der Waals surface area contributed by atoms with E-state index in [2.05, 4.69) is 43.5 Å². The largest absolute Gasteiger partial charge is 0.472 e. The van der Waals surface area contributed by atoms with Gasteiger partial charge in [-0.25, -0.2) is 4.57 Å². The van der Waals surface area contributed by atoms with Crippen LogP contribution >= 0.6 is 7.82 Å². The van der Waals surface area contributed by atoms with Crippen LogP contribution in [-0.2, 0) is 18.4 Å². The Morgan fingerprint density at radius 2 is 1.18 bits per heavy atom. The summed E-state index contributed by atoms with van der Waals surface area (Å²) in [5.41, 5.74) is 5.34. The van der Waals surface area contributed by atoms with Crippen LogP contribution in [0.2, 0.25) is 0 Å². The molecule has 0 aliphatic heterocycles. The van der Waals surface area contributed by atoms with Gasteiger partial charge in [-0.05, 0) is 44.9 Å². The molecule has 0 aliphatic carbocycles. The van der Waals surface area contributed by atoms with Crippen molar-refractivity contribution in [1.82, 2.24) is 5.32 Å². The molecule has 0 radical (unpaired) electrons. The van der Waals surface area contributed by atoms with Gasteiger partial charge in [0.2, 0.25) is 5.91 Å². The molecule has 264 valence electrons. The van der Waals surface area contributed by atoms with E-state index < -0.39 is 20.0 Å². The molecule has 3 atom stereocenters. The standard InChI is InChI=1S/C36H69N2O6P/c1-3-5-7-9-11-13-15-16-17-18-20-21-23-25-27-29-35(39)34(33-44-45(41,42)43-32-31-37)38-36(40)30-28-26-24-22-19-14-12-10-8-6-4-2/h15-16,20-21,27,29,34-35,39H,3-14,17-19,22-26,28,30-33,37H2,1-2H3,(H,38,40)(H,41,42)/b16-15+,21-20+,29-27+. The molecular formula is C36H69N2O6P. The topological polar surface area (TPSA) is 131 Å². The van der Waals surface area contributed by atoms with Gasteiger partial charge in [0, 0.05) is 13.0 Å². The number of nitrogens with two attached hydrogens (primary N) is 1. The van der Waals surface area contributed by atoms with E-state index in [1.165, 1.54) is 89.9 Å². The number of carbonyl (C=O) groups excluding carboxylic acids is 1. The summed E-state index contributed by atoms with van der Waals surface area (Å²) >= 11 is 0. The normalized spacial score (nSPS) is 14.9. The summed E-state index contributed by atoms with van der Waals surface area (Å²) in [5.74, 6) is -0.212. The van der Waals surface area contributed by atoms with Crippen LogP contribution in [0.1, 0.15) is 155 Å². The lowest BCUT2D eigenvalue weighted by Gasteiger charge is -2.23. The second kappa shape index (κ2) is 32.7. The maximum absolute atomic E-state index is 12.6. The Kier molecular flexibility index (Phi) is 31.7. The van der Waals surface area contributed by atoms with Gasteiger partial charge >= 0.3 is 7.82 Å². The Morgan fingerprint density at radius 3 is 1.71 bits per heavy atom. The van der Waals surface area contributed by atoms with Gasteiger partial charge < -0.3 is 21.1 Å². The van der Waals surface area contributed by atoms with E-state index in [1.54, 1.807) is 6.08 Å². The fraction of sp³-hybridized carbons (Fsp3) is 0.806. The molecule has 0 bridgehead atoms. The van der Waals surface area contributed by atoms with Gasteiger partial charge in [0.15, 0.2) is 0 Å². The van der Waals surface area contributed by atoms with Gasteiger partial charge in [0.1, 0.15) is 0 Å². The molecule has 0 saturated carbocycles. The van der Waals surface area contributed by atoms with E-state index in [-0.39, 0.29) is 25.7 Å². The fourth-order valence-electron chi connectivity index (χ4n) is 4.93. The zero-order valence-electron chi connectivity index (χ0n) is 28.8. The van der Waals surface area contributed by atoms with Crippen LogP contribution in [0.3, 0.4) is 0 Å². The first-order chi connectivity index (χ1) is 21.9. The molecule has 0 saturated heterocycles. The Bertz CT molecular complexity index is 804. The summed E-state index contributed by atoms with van der Waals surface area (Å²) in [6.07, 6.45) is 36.2. The summed E-state index contributed by atoms with van der Waals surface area (Å²) < 4.78 is 22.0.